The summed E-state index contributed by atoms with van der Waals surface area (Å²) in [4.78, 5) is 12.2. The molecule has 0 saturated heterocycles. The Labute approximate surface area is 169 Å². The second kappa shape index (κ2) is 8.48. The summed E-state index contributed by atoms with van der Waals surface area (Å²) in [5.41, 5.74) is 2.30. The monoisotopic (exact) mass is 422 g/mol. The number of aromatic nitrogens is 3. The number of aromatic amines is 1. The van der Waals surface area contributed by atoms with Crippen molar-refractivity contribution in [3.05, 3.63) is 58.9 Å². The Morgan fingerprint density at radius 3 is 2.62 bits per heavy atom. The van der Waals surface area contributed by atoms with E-state index in [1.54, 1.807) is 4.57 Å². The summed E-state index contributed by atoms with van der Waals surface area (Å²) in [7, 11) is 0. The number of ether oxygens (including phenoxy) is 1. The molecule has 3 rings (SSSR count). The Morgan fingerprint density at radius 1 is 1.24 bits per heavy atom. The molecule has 6 nitrogen and oxygen atoms in total. The van der Waals surface area contributed by atoms with Gasteiger partial charge in [-0.05, 0) is 49.5 Å². The van der Waals surface area contributed by atoms with Gasteiger partial charge < -0.3 is 10.1 Å². The van der Waals surface area contributed by atoms with Crippen LogP contribution in [-0.4, -0.2) is 27.0 Å². The molecule has 1 heterocycles. The lowest BCUT2D eigenvalue weighted by atomic mass is 10.1. The number of halogens is 3. The number of carbonyl (C=O) groups is 1. The van der Waals surface area contributed by atoms with Crippen LogP contribution in [0, 0.1) is 11.7 Å². The number of carbonyl (C=O) groups excluding carboxylic acids is 1. The molecule has 0 atom stereocenters. The number of alkyl halides is 3. The molecule has 152 valence electrons. The molecule has 0 spiro atoms. The van der Waals surface area contributed by atoms with Gasteiger partial charge in [-0.3, -0.25) is 14.5 Å². The average molecular weight is 422 g/mol. The Hall–Kier alpha value is -3.14. The van der Waals surface area contributed by atoms with E-state index in [2.05, 4.69) is 20.3 Å². The Kier molecular flexibility index (Phi) is 6.02. The molecule has 0 unspecified atom stereocenters. The molecule has 0 fully saturated rings. The molecule has 0 saturated carbocycles. The van der Waals surface area contributed by atoms with E-state index in [9.17, 15) is 18.0 Å². The van der Waals surface area contributed by atoms with E-state index in [0.29, 0.717) is 22.8 Å². The van der Waals surface area contributed by atoms with Gasteiger partial charge in [0.15, 0.2) is 10.6 Å². The zero-order chi connectivity index (χ0) is 21.0. The van der Waals surface area contributed by atoms with Crippen molar-refractivity contribution >= 4 is 23.8 Å². The van der Waals surface area contributed by atoms with Gasteiger partial charge in [-0.25, -0.2) is 0 Å². The lowest BCUT2D eigenvalue weighted by Crippen LogP contribution is -2.17. The average Bonchev–Trinajstić information content (AvgIpc) is 3.01. The summed E-state index contributed by atoms with van der Waals surface area (Å²) in [5.74, 6) is -0.0454. The molecule has 2 aromatic carbocycles. The number of nitrogens with zero attached hydrogens (tertiary/aromatic N) is 2. The summed E-state index contributed by atoms with van der Waals surface area (Å²) in [6.45, 7) is 2.26. The van der Waals surface area contributed by atoms with E-state index in [0.717, 1.165) is 23.3 Å². The van der Waals surface area contributed by atoms with Crippen molar-refractivity contribution in [2.75, 3.05) is 5.32 Å². The maximum atomic E-state index is 12.2. The minimum absolute atomic E-state index is 0.105. The second-order valence-electron chi connectivity index (χ2n) is 6.24. The van der Waals surface area contributed by atoms with Gasteiger partial charge >= 0.3 is 6.36 Å². The molecular weight excluding hydrogens is 405 g/mol. The first-order valence-electron chi connectivity index (χ1n) is 8.59. The Bertz CT molecular complexity index is 1060. The first-order valence-corrected chi connectivity index (χ1v) is 9.00. The number of hydrogen-bond donors (Lipinski definition) is 2. The van der Waals surface area contributed by atoms with Crippen molar-refractivity contribution in [3.63, 3.8) is 0 Å². The number of anilines is 1. The van der Waals surface area contributed by atoms with E-state index in [1.807, 2.05) is 31.2 Å². The third kappa shape index (κ3) is 5.67. The molecule has 10 heteroatoms. The van der Waals surface area contributed by atoms with Gasteiger partial charge in [0, 0.05) is 24.2 Å². The van der Waals surface area contributed by atoms with Crippen LogP contribution in [-0.2, 0) is 11.3 Å². The maximum Gasteiger partial charge on any atom is 0.573 e. The van der Waals surface area contributed by atoms with Crippen LogP contribution in [0.25, 0.3) is 11.4 Å². The Morgan fingerprint density at radius 2 is 1.97 bits per heavy atom. The van der Waals surface area contributed by atoms with Crippen LogP contribution >= 0.6 is 12.2 Å². The molecule has 0 aliphatic carbocycles. The van der Waals surface area contributed by atoms with E-state index in [1.165, 1.54) is 12.1 Å². The molecule has 0 radical (unpaired) electrons. The van der Waals surface area contributed by atoms with Gasteiger partial charge in [-0.15, -0.1) is 13.2 Å². The van der Waals surface area contributed by atoms with Gasteiger partial charge in [0.05, 0.1) is 0 Å². The van der Waals surface area contributed by atoms with Crippen LogP contribution < -0.4 is 10.1 Å². The van der Waals surface area contributed by atoms with Crippen molar-refractivity contribution in [3.8, 4) is 17.1 Å². The highest BCUT2D eigenvalue weighted by atomic mass is 32.1. The summed E-state index contributed by atoms with van der Waals surface area (Å²) in [6.07, 6.45) is -4.66. The number of H-pyrrole nitrogens is 1. The summed E-state index contributed by atoms with van der Waals surface area (Å²) in [5, 5.41) is 9.60. The third-order valence-electron chi connectivity index (χ3n) is 3.97. The number of rotatable bonds is 6. The first kappa shape index (κ1) is 20.6. The highest BCUT2D eigenvalue weighted by Crippen LogP contribution is 2.24. The Balaban J connectivity index is 1.63. The van der Waals surface area contributed by atoms with Crippen LogP contribution in [0.3, 0.4) is 0 Å². The van der Waals surface area contributed by atoms with Crippen LogP contribution in [0.1, 0.15) is 12.0 Å². The predicted molar refractivity (Wildman–Crippen MR) is 104 cm³/mol. The molecule has 0 aliphatic heterocycles. The molecular formula is C19H17F3N4O2S. The lowest BCUT2D eigenvalue weighted by Gasteiger charge is -2.10. The fraction of sp³-hybridized carbons (Fsp3) is 0.211. The third-order valence-corrected chi connectivity index (χ3v) is 4.28. The number of hydrogen-bond acceptors (Lipinski definition) is 4. The number of benzene rings is 2. The molecule has 1 aromatic heterocycles. The van der Waals surface area contributed by atoms with Crippen molar-refractivity contribution in [2.24, 2.45) is 0 Å². The number of aryl methyl sites for hydroxylation is 1. The van der Waals surface area contributed by atoms with Gasteiger partial charge in [0.2, 0.25) is 5.91 Å². The fourth-order valence-electron chi connectivity index (χ4n) is 2.71. The summed E-state index contributed by atoms with van der Waals surface area (Å²) >= 11 is 5.25. The molecule has 0 aliphatic rings. The minimum atomic E-state index is -4.76. The van der Waals surface area contributed by atoms with Crippen LogP contribution in [0.5, 0.6) is 5.75 Å². The highest BCUT2D eigenvalue weighted by molar-refractivity contribution is 7.71. The van der Waals surface area contributed by atoms with Gasteiger partial charge in [-0.2, -0.15) is 5.10 Å². The quantitative estimate of drug-likeness (QED) is 0.558. The minimum Gasteiger partial charge on any atom is -0.406 e. The van der Waals surface area contributed by atoms with E-state index in [-0.39, 0.29) is 18.1 Å². The van der Waals surface area contributed by atoms with Crippen LogP contribution in [0.15, 0.2) is 48.5 Å². The van der Waals surface area contributed by atoms with Gasteiger partial charge in [0.1, 0.15) is 5.75 Å². The van der Waals surface area contributed by atoms with E-state index >= 15 is 0 Å². The van der Waals surface area contributed by atoms with E-state index in [4.69, 9.17) is 12.2 Å². The first-order chi connectivity index (χ1) is 13.7. The topological polar surface area (TPSA) is 71.9 Å². The van der Waals surface area contributed by atoms with Crippen LogP contribution in [0.2, 0.25) is 0 Å². The van der Waals surface area contributed by atoms with Crippen molar-refractivity contribution < 1.29 is 22.7 Å². The lowest BCUT2D eigenvalue weighted by molar-refractivity contribution is -0.274. The zero-order valence-electron chi connectivity index (χ0n) is 15.3. The highest BCUT2D eigenvalue weighted by Gasteiger charge is 2.30. The maximum absolute atomic E-state index is 12.2. The predicted octanol–water partition coefficient (Wildman–Crippen LogP) is 4.84. The zero-order valence-corrected chi connectivity index (χ0v) is 16.1. The largest absolute Gasteiger partial charge is 0.573 e. The van der Waals surface area contributed by atoms with Crippen molar-refractivity contribution in [1.82, 2.24) is 14.8 Å². The van der Waals surface area contributed by atoms with Crippen molar-refractivity contribution in [1.29, 1.82) is 0 Å². The standard InChI is InChI=1S/C19H17F3N4O2S/c1-12-3-2-4-13(11-12)17-24-25-18(29)26(17)10-9-16(27)23-14-5-7-15(8-6-14)28-19(20,21)22/h2-8,11H,9-10H2,1H3,(H,23,27)(H,25,29). The van der Waals surface area contributed by atoms with Crippen LogP contribution in [0.4, 0.5) is 18.9 Å². The fourth-order valence-corrected chi connectivity index (χ4v) is 2.93. The molecule has 29 heavy (non-hydrogen) atoms. The smallest absolute Gasteiger partial charge is 0.406 e. The second-order valence-corrected chi connectivity index (χ2v) is 6.63. The molecule has 0 bridgehead atoms. The number of nitrogens with one attached hydrogen (secondary N) is 2. The molecule has 3 aromatic rings. The SMILES string of the molecule is Cc1cccc(-c2n[nH]c(=S)n2CCC(=O)Nc2ccc(OC(F)(F)F)cc2)c1. The molecule has 2 N–H and O–H groups in total. The summed E-state index contributed by atoms with van der Waals surface area (Å²) in [6, 6.07) is 12.7. The van der Waals surface area contributed by atoms with Crippen molar-refractivity contribution in [2.45, 2.75) is 26.3 Å². The van der Waals surface area contributed by atoms with E-state index < -0.39 is 6.36 Å². The van der Waals surface area contributed by atoms with Gasteiger partial charge in [-0.1, -0.05) is 23.8 Å². The summed E-state index contributed by atoms with van der Waals surface area (Å²) < 4.78 is 42.5. The van der Waals surface area contributed by atoms with Gasteiger partial charge in [0.25, 0.3) is 0 Å². The number of amides is 1. The molecule has 1 amide bonds. The normalized spacial score (nSPS) is 11.3.